The average Bonchev–Trinajstić information content (AvgIpc) is 1.76. The second kappa shape index (κ2) is 25.4. The molecule has 0 aromatic heterocycles. The highest BCUT2D eigenvalue weighted by molar-refractivity contribution is 5.92. The van der Waals surface area contributed by atoms with Crippen molar-refractivity contribution in [3.8, 4) is 22.3 Å². The van der Waals surface area contributed by atoms with Crippen LogP contribution in [0.5, 0.6) is 0 Å². The number of anilines is 12. The van der Waals surface area contributed by atoms with Crippen molar-refractivity contribution in [1.82, 2.24) is 0 Å². The van der Waals surface area contributed by atoms with E-state index < -0.39 is 0 Å². The monoisotopic (exact) mass is 1190 g/mol. The Morgan fingerprint density at radius 1 is 0.196 bits per heavy atom. The van der Waals surface area contributed by atoms with Gasteiger partial charge in [-0.25, -0.2) is 0 Å². The van der Waals surface area contributed by atoms with Gasteiger partial charge in [-0.1, -0.05) is 180 Å². The fraction of sp³-hybridized carbons (Fsp3) is 0.0909. The molecule has 0 aliphatic rings. The Kier molecular flexibility index (Phi) is 16.1. The molecule has 0 atom stereocenters. The van der Waals surface area contributed by atoms with E-state index in [1.165, 1.54) is 82.7 Å². The highest BCUT2D eigenvalue weighted by Gasteiger charge is 2.21. The maximum atomic E-state index is 2.40. The van der Waals surface area contributed by atoms with Crippen LogP contribution >= 0.6 is 0 Å². The molecule has 0 heterocycles. The molecule has 0 fully saturated rings. The number of rotatable bonds is 16. The molecule has 0 amide bonds. The molecule has 14 aromatic carbocycles. The number of hydrogen-bond donors (Lipinski definition) is 0. The summed E-state index contributed by atoms with van der Waals surface area (Å²) in [7, 11) is 0. The van der Waals surface area contributed by atoms with E-state index in [2.05, 4.69) is 377 Å². The standard InChI is InChI=1S/C88H74N4/c1-60-18-36-79(37-19-60)91(80-38-20-61(2)21-39-80)87-50-34-74(54-65(87)6)75-35-51-88(66(7)55-75)92(81-40-22-62(3)23-41-81)82-42-25-67(26-43-82)56-68-24-27-72-33-49-86(59-76(72)57-68)90(84-17-11-13-64(5)53-84)78-46-30-71(31-47-78)70-28-44-77(45-29-70)89(83-16-10-12-63(4)52-83)85-48-32-69-14-8-9-15-73(69)58-85/h8-55,57-59H,56H2,1-7H3. The van der Waals surface area contributed by atoms with Gasteiger partial charge in [0.15, 0.2) is 0 Å². The lowest BCUT2D eigenvalue weighted by atomic mass is 9.98. The van der Waals surface area contributed by atoms with Crippen molar-refractivity contribution in [2.75, 3.05) is 19.6 Å². The van der Waals surface area contributed by atoms with Crippen molar-refractivity contribution in [2.45, 2.75) is 54.9 Å². The molecule has 0 bridgehead atoms. The molecule has 14 rings (SSSR count). The molecule has 0 spiro atoms. The number of hydrogen-bond acceptors (Lipinski definition) is 4. The van der Waals surface area contributed by atoms with E-state index in [-0.39, 0.29) is 0 Å². The summed E-state index contributed by atoms with van der Waals surface area (Å²) in [5.74, 6) is 0. The molecule has 4 nitrogen and oxygen atoms in total. The van der Waals surface area contributed by atoms with Crippen LogP contribution in [0.1, 0.15) is 50.1 Å². The Bertz CT molecular complexity index is 4910. The molecule has 0 aliphatic carbocycles. The van der Waals surface area contributed by atoms with Gasteiger partial charge in [-0.15, -0.1) is 0 Å². The van der Waals surface area contributed by atoms with Crippen molar-refractivity contribution in [1.29, 1.82) is 0 Å². The molecule has 0 unspecified atom stereocenters. The van der Waals surface area contributed by atoms with Gasteiger partial charge in [-0.05, 0) is 278 Å². The van der Waals surface area contributed by atoms with Crippen LogP contribution in [-0.4, -0.2) is 0 Å². The largest absolute Gasteiger partial charge is 0.310 e. The van der Waals surface area contributed by atoms with Gasteiger partial charge in [-0.3, -0.25) is 0 Å². The summed E-state index contributed by atoms with van der Waals surface area (Å²) in [6.07, 6.45) is 0.808. The molecular weight excluding hydrogens is 1110 g/mol. The highest BCUT2D eigenvalue weighted by Crippen LogP contribution is 2.44. The first kappa shape index (κ1) is 58.5. The van der Waals surface area contributed by atoms with E-state index in [0.717, 1.165) is 85.8 Å². The molecule has 0 saturated heterocycles. The fourth-order valence-electron chi connectivity index (χ4n) is 13.0. The highest BCUT2D eigenvalue weighted by atomic mass is 15.2. The zero-order valence-electron chi connectivity index (χ0n) is 53.4. The summed E-state index contributed by atoms with van der Waals surface area (Å²) in [4.78, 5) is 9.50. The third-order valence-electron chi connectivity index (χ3n) is 17.9. The summed E-state index contributed by atoms with van der Waals surface area (Å²) in [5, 5.41) is 4.87. The van der Waals surface area contributed by atoms with E-state index in [4.69, 9.17) is 0 Å². The average molecular weight is 1190 g/mol. The van der Waals surface area contributed by atoms with Gasteiger partial charge in [0, 0.05) is 68.2 Å². The molecular formula is C88H74N4. The first-order chi connectivity index (χ1) is 44.9. The van der Waals surface area contributed by atoms with Crippen molar-refractivity contribution >= 4 is 89.8 Å². The van der Waals surface area contributed by atoms with Crippen LogP contribution in [0.15, 0.2) is 309 Å². The summed E-state index contributed by atoms with van der Waals surface area (Å²) in [5.41, 5.74) is 29.3. The van der Waals surface area contributed by atoms with Crippen LogP contribution in [0.3, 0.4) is 0 Å². The first-order valence-corrected chi connectivity index (χ1v) is 32.0. The molecule has 0 saturated carbocycles. The fourth-order valence-corrected chi connectivity index (χ4v) is 13.0. The van der Waals surface area contributed by atoms with Crippen LogP contribution in [0.25, 0.3) is 43.8 Å². The normalized spacial score (nSPS) is 11.2. The lowest BCUT2D eigenvalue weighted by Gasteiger charge is -2.28. The van der Waals surface area contributed by atoms with E-state index in [9.17, 15) is 0 Å². The van der Waals surface area contributed by atoms with Gasteiger partial charge in [0.25, 0.3) is 0 Å². The minimum absolute atomic E-state index is 0.808. The molecule has 0 aliphatic heterocycles. The first-order valence-electron chi connectivity index (χ1n) is 32.0. The number of aryl methyl sites for hydroxylation is 7. The maximum absolute atomic E-state index is 2.40. The summed E-state index contributed by atoms with van der Waals surface area (Å²) in [6, 6.07) is 114. The number of benzene rings is 14. The zero-order chi connectivity index (χ0) is 62.8. The molecule has 14 aromatic rings. The van der Waals surface area contributed by atoms with Crippen LogP contribution < -0.4 is 19.6 Å². The molecule has 4 heteroatoms. The topological polar surface area (TPSA) is 13.0 Å². The quantitative estimate of drug-likeness (QED) is 0.0956. The lowest BCUT2D eigenvalue weighted by Crippen LogP contribution is -2.12. The van der Waals surface area contributed by atoms with Gasteiger partial charge in [0.1, 0.15) is 0 Å². The Balaban J connectivity index is 0.716. The van der Waals surface area contributed by atoms with E-state index in [1.807, 2.05) is 0 Å². The number of nitrogens with zero attached hydrogens (tertiary/aromatic N) is 4. The minimum atomic E-state index is 0.808. The van der Waals surface area contributed by atoms with Crippen molar-refractivity contribution in [3.05, 3.63) is 359 Å². The van der Waals surface area contributed by atoms with Crippen LogP contribution in [0, 0.1) is 48.5 Å². The third kappa shape index (κ3) is 12.3. The summed E-state index contributed by atoms with van der Waals surface area (Å²) in [6.45, 7) is 15.2. The molecule has 92 heavy (non-hydrogen) atoms. The van der Waals surface area contributed by atoms with Crippen LogP contribution in [-0.2, 0) is 6.42 Å². The number of fused-ring (bicyclic) bond motifs is 2. The molecule has 0 radical (unpaired) electrons. The van der Waals surface area contributed by atoms with E-state index in [0.29, 0.717) is 0 Å². The van der Waals surface area contributed by atoms with Gasteiger partial charge in [-0.2, -0.15) is 0 Å². The third-order valence-corrected chi connectivity index (χ3v) is 17.9. The van der Waals surface area contributed by atoms with Crippen LogP contribution in [0.4, 0.5) is 68.2 Å². The predicted octanol–water partition coefficient (Wildman–Crippen LogP) is 25.0. The summed E-state index contributed by atoms with van der Waals surface area (Å²) >= 11 is 0. The van der Waals surface area contributed by atoms with Gasteiger partial charge < -0.3 is 19.6 Å². The predicted molar refractivity (Wildman–Crippen MR) is 393 cm³/mol. The second-order valence-electron chi connectivity index (χ2n) is 24.9. The Hall–Kier alpha value is -11.2. The SMILES string of the molecule is Cc1ccc(N(c2ccc(C)cc2)c2ccc(-c3ccc(N(c4ccc(C)cc4)c4ccc(Cc5ccc6ccc(N(c7ccc(-c8ccc(N(c9cccc(C)c9)c9ccc%10ccccc%10c9)cc8)cc7)c7cccc(C)c7)cc6c5)cc4)c(C)c3)cc2C)cc1. The Labute approximate surface area is 542 Å². The summed E-state index contributed by atoms with van der Waals surface area (Å²) < 4.78 is 0. The Morgan fingerprint density at radius 2 is 0.533 bits per heavy atom. The minimum Gasteiger partial charge on any atom is -0.310 e. The molecule has 446 valence electrons. The molecule has 0 N–H and O–H groups in total. The van der Waals surface area contributed by atoms with Crippen molar-refractivity contribution in [3.63, 3.8) is 0 Å². The lowest BCUT2D eigenvalue weighted by molar-refractivity contribution is 1.19. The van der Waals surface area contributed by atoms with Crippen molar-refractivity contribution < 1.29 is 0 Å². The van der Waals surface area contributed by atoms with Crippen molar-refractivity contribution in [2.24, 2.45) is 0 Å². The Morgan fingerprint density at radius 3 is 0.967 bits per heavy atom. The zero-order valence-corrected chi connectivity index (χ0v) is 53.4. The maximum Gasteiger partial charge on any atom is 0.0491 e. The smallest absolute Gasteiger partial charge is 0.0491 e. The van der Waals surface area contributed by atoms with Gasteiger partial charge >= 0.3 is 0 Å². The van der Waals surface area contributed by atoms with Gasteiger partial charge in [0.05, 0.1) is 0 Å². The van der Waals surface area contributed by atoms with Gasteiger partial charge in [0.2, 0.25) is 0 Å². The van der Waals surface area contributed by atoms with E-state index in [1.54, 1.807) is 0 Å². The van der Waals surface area contributed by atoms with E-state index >= 15 is 0 Å². The second-order valence-corrected chi connectivity index (χ2v) is 24.9. The van der Waals surface area contributed by atoms with Crippen LogP contribution in [0.2, 0.25) is 0 Å².